The van der Waals surface area contributed by atoms with Crippen LogP contribution in [0.25, 0.3) is 6.08 Å². The Bertz CT molecular complexity index is 702. The number of carbonyl (C=O) groups is 2. The largest absolute Gasteiger partial charge is 0.493 e. The number of carboxylic acid groups (broad SMARTS) is 1. The number of aliphatic carboxylic acids is 1. The summed E-state index contributed by atoms with van der Waals surface area (Å²) in [7, 11) is 1.55. The highest BCUT2D eigenvalue weighted by Crippen LogP contribution is 2.34. The van der Waals surface area contributed by atoms with E-state index in [1.807, 2.05) is 6.92 Å². The van der Waals surface area contributed by atoms with E-state index in [0.717, 1.165) is 28.6 Å². The van der Waals surface area contributed by atoms with Crippen molar-refractivity contribution in [1.82, 2.24) is 4.90 Å². The molecule has 24 heavy (non-hydrogen) atoms. The van der Waals surface area contributed by atoms with Crippen molar-refractivity contribution in [1.29, 1.82) is 0 Å². The predicted molar refractivity (Wildman–Crippen MR) is 96.3 cm³/mol. The molecule has 0 atom stereocenters. The summed E-state index contributed by atoms with van der Waals surface area (Å²) in [5, 5.41) is 8.84. The third-order valence-corrected chi connectivity index (χ3v) is 4.49. The Hall–Kier alpha value is -2.06. The molecule has 1 N–H and O–H groups in total. The first-order chi connectivity index (χ1) is 11.5. The van der Waals surface area contributed by atoms with Crippen molar-refractivity contribution in [2.45, 2.75) is 13.3 Å². The van der Waals surface area contributed by atoms with Crippen molar-refractivity contribution >= 4 is 46.3 Å². The number of hydrogen-bond acceptors (Lipinski definition) is 6. The summed E-state index contributed by atoms with van der Waals surface area (Å²) in [6, 6.07) is 5.34. The lowest BCUT2D eigenvalue weighted by atomic mass is 10.2. The summed E-state index contributed by atoms with van der Waals surface area (Å²) < 4.78 is 11.1. The monoisotopic (exact) mass is 367 g/mol. The fourth-order valence-electron chi connectivity index (χ4n) is 2.03. The van der Waals surface area contributed by atoms with Gasteiger partial charge in [-0.15, -0.1) is 0 Å². The summed E-state index contributed by atoms with van der Waals surface area (Å²) in [6.45, 7) is 2.17. The van der Waals surface area contributed by atoms with E-state index in [9.17, 15) is 9.59 Å². The number of thiocarbonyl (C=S) groups is 1. The maximum absolute atomic E-state index is 12.2. The number of amides is 1. The number of carbonyl (C=O) groups excluding carboxylic acids is 1. The SMILES string of the molecule is CCCOc1ccc(/C=C2\SC(=S)N(CC(=O)O)C2=O)cc1OC. The number of benzene rings is 1. The van der Waals surface area contributed by atoms with E-state index >= 15 is 0 Å². The number of thioether (sulfide) groups is 1. The molecule has 0 unspecified atom stereocenters. The molecule has 0 spiro atoms. The predicted octanol–water partition coefficient (Wildman–Crippen LogP) is 2.77. The molecule has 8 heteroatoms. The smallest absolute Gasteiger partial charge is 0.323 e. The van der Waals surface area contributed by atoms with Gasteiger partial charge in [0.1, 0.15) is 10.9 Å². The van der Waals surface area contributed by atoms with Crippen molar-refractivity contribution in [3.63, 3.8) is 0 Å². The number of hydrogen-bond donors (Lipinski definition) is 1. The van der Waals surface area contributed by atoms with Crippen LogP contribution in [-0.4, -0.2) is 46.5 Å². The molecule has 1 fully saturated rings. The Morgan fingerprint density at radius 3 is 2.79 bits per heavy atom. The summed E-state index contributed by atoms with van der Waals surface area (Å²) in [5.41, 5.74) is 0.742. The van der Waals surface area contributed by atoms with Gasteiger partial charge >= 0.3 is 5.97 Å². The second-order valence-corrected chi connectivity index (χ2v) is 6.60. The zero-order valence-corrected chi connectivity index (χ0v) is 14.9. The molecule has 128 valence electrons. The fourth-order valence-corrected chi connectivity index (χ4v) is 3.28. The molecule has 1 aliphatic heterocycles. The third-order valence-electron chi connectivity index (χ3n) is 3.11. The molecule has 6 nitrogen and oxygen atoms in total. The van der Waals surface area contributed by atoms with Crippen LogP contribution in [0.1, 0.15) is 18.9 Å². The number of ether oxygens (including phenoxy) is 2. The maximum atomic E-state index is 12.2. The van der Waals surface area contributed by atoms with E-state index in [-0.39, 0.29) is 4.32 Å². The molecule has 0 aromatic heterocycles. The first-order valence-corrected chi connectivity index (χ1v) is 8.46. The van der Waals surface area contributed by atoms with Gasteiger partial charge in [-0.25, -0.2) is 0 Å². The summed E-state index contributed by atoms with van der Waals surface area (Å²) in [4.78, 5) is 24.5. The Kier molecular flexibility index (Phi) is 6.22. The normalized spacial score (nSPS) is 15.9. The molecule has 0 saturated carbocycles. The molecule has 1 heterocycles. The van der Waals surface area contributed by atoms with Crippen LogP contribution in [0, 0.1) is 0 Å². The quantitative estimate of drug-likeness (QED) is 0.586. The lowest BCUT2D eigenvalue weighted by Gasteiger charge is -2.11. The molecule has 0 bridgehead atoms. The van der Waals surface area contributed by atoms with Gasteiger partial charge in [0.05, 0.1) is 18.6 Å². The first kappa shape index (κ1) is 18.3. The molecule has 2 rings (SSSR count). The zero-order valence-electron chi connectivity index (χ0n) is 13.3. The summed E-state index contributed by atoms with van der Waals surface area (Å²) in [6.07, 6.45) is 2.55. The molecular formula is C16H17NO5S2. The second-order valence-electron chi connectivity index (χ2n) is 4.92. The standard InChI is InChI=1S/C16H17NO5S2/c1-3-6-22-11-5-4-10(7-12(11)21-2)8-13-15(20)17(9-14(18)19)16(23)24-13/h4-5,7-8H,3,6,9H2,1-2H3,(H,18,19)/b13-8-. The van der Waals surface area contributed by atoms with Gasteiger partial charge in [0.2, 0.25) is 0 Å². The highest BCUT2D eigenvalue weighted by molar-refractivity contribution is 8.26. The van der Waals surface area contributed by atoms with Crippen LogP contribution >= 0.6 is 24.0 Å². The lowest BCUT2D eigenvalue weighted by molar-refractivity contribution is -0.140. The van der Waals surface area contributed by atoms with E-state index < -0.39 is 18.4 Å². The van der Waals surface area contributed by atoms with E-state index in [1.54, 1.807) is 31.4 Å². The molecule has 1 saturated heterocycles. The van der Waals surface area contributed by atoms with Crippen LogP contribution < -0.4 is 9.47 Å². The van der Waals surface area contributed by atoms with Crippen LogP contribution in [-0.2, 0) is 9.59 Å². The van der Waals surface area contributed by atoms with Gasteiger partial charge in [-0.05, 0) is 30.2 Å². The average molecular weight is 367 g/mol. The van der Waals surface area contributed by atoms with Crippen molar-refractivity contribution in [2.75, 3.05) is 20.3 Å². The van der Waals surface area contributed by atoms with Gasteiger partial charge in [0.15, 0.2) is 11.5 Å². The van der Waals surface area contributed by atoms with Gasteiger partial charge in [0, 0.05) is 0 Å². The first-order valence-electron chi connectivity index (χ1n) is 7.24. The molecular weight excluding hydrogens is 350 g/mol. The van der Waals surface area contributed by atoms with Crippen molar-refractivity contribution in [2.24, 2.45) is 0 Å². The van der Waals surface area contributed by atoms with Gasteiger partial charge in [-0.2, -0.15) is 0 Å². The highest BCUT2D eigenvalue weighted by Gasteiger charge is 2.33. The van der Waals surface area contributed by atoms with E-state index in [1.165, 1.54) is 0 Å². The van der Waals surface area contributed by atoms with Gasteiger partial charge in [0.25, 0.3) is 5.91 Å². The van der Waals surface area contributed by atoms with Gasteiger partial charge < -0.3 is 14.6 Å². The van der Waals surface area contributed by atoms with E-state index in [4.69, 9.17) is 26.8 Å². The fraction of sp³-hybridized carbons (Fsp3) is 0.312. The van der Waals surface area contributed by atoms with Crippen LogP contribution in [0.5, 0.6) is 11.5 Å². The highest BCUT2D eigenvalue weighted by atomic mass is 32.2. The lowest BCUT2D eigenvalue weighted by Crippen LogP contribution is -2.33. The van der Waals surface area contributed by atoms with Crippen LogP contribution in [0.3, 0.4) is 0 Å². The van der Waals surface area contributed by atoms with Crippen LogP contribution in [0.2, 0.25) is 0 Å². The summed E-state index contributed by atoms with van der Waals surface area (Å²) in [5.74, 6) is -0.308. The molecule has 0 aliphatic carbocycles. The van der Waals surface area contributed by atoms with E-state index in [2.05, 4.69) is 0 Å². The Morgan fingerprint density at radius 2 is 2.17 bits per heavy atom. The average Bonchev–Trinajstić information content (AvgIpc) is 2.80. The Balaban J connectivity index is 2.23. The third kappa shape index (κ3) is 4.27. The van der Waals surface area contributed by atoms with Gasteiger partial charge in [-0.1, -0.05) is 37.0 Å². The second kappa shape index (κ2) is 8.16. The Morgan fingerprint density at radius 1 is 1.42 bits per heavy atom. The minimum absolute atomic E-state index is 0.239. The number of methoxy groups -OCH3 is 1. The molecule has 1 amide bonds. The van der Waals surface area contributed by atoms with Crippen molar-refractivity contribution in [3.8, 4) is 11.5 Å². The van der Waals surface area contributed by atoms with Crippen molar-refractivity contribution < 1.29 is 24.2 Å². The van der Waals surface area contributed by atoms with Crippen LogP contribution in [0.15, 0.2) is 23.1 Å². The molecule has 1 aliphatic rings. The topological polar surface area (TPSA) is 76.1 Å². The Labute approximate surface area is 149 Å². The van der Waals surface area contributed by atoms with Crippen LogP contribution in [0.4, 0.5) is 0 Å². The number of carboxylic acids is 1. The zero-order chi connectivity index (χ0) is 17.7. The van der Waals surface area contributed by atoms with Gasteiger partial charge in [-0.3, -0.25) is 14.5 Å². The maximum Gasteiger partial charge on any atom is 0.323 e. The number of nitrogens with zero attached hydrogens (tertiary/aromatic N) is 1. The van der Waals surface area contributed by atoms with Crippen molar-refractivity contribution in [3.05, 3.63) is 28.7 Å². The molecule has 1 aromatic rings. The minimum atomic E-state index is -1.10. The molecule has 1 aromatic carbocycles. The minimum Gasteiger partial charge on any atom is -0.493 e. The van der Waals surface area contributed by atoms with E-state index in [0.29, 0.717) is 23.0 Å². The number of rotatable bonds is 7. The molecule has 0 radical (unpaired) electrons. The summed E-state index contributed by atoms with van der Waals surface area (Å²) >= 11 is 6.15.